The molecule has 0 radical (unpaired) electrons. The van der Waals surface area contributed by atoms with E-state index in [2.05, 4.69) is 21.2 Å². The third-order valence-corrected chi connectivity index (χ3v) is 5.85. The first-order valence-corrected chi connectivity index (χ1v) is 10.5. The van der Waals surface area contributed by atoms with Crippen molar-refractivity contribution < 1.29 is 23.5 Å². The lowest BCUT2D eigenvalue weighted by molar-refractivity contribution is -0.140. The van der Waals surface area contributed by atoms with E-state index < -0.39 is 23.9 Å². The largest absolute Gasteiger partial charge is 0.460 e. The number of carbonyl (C=O) groups is 2. The Morgan fingerprint density at radius 3 is 2.83 bits per heavy atom. The number of esters is 1. The van der Waals surface area contributed by atoms with E-state index in [9.17, 15) is 14.0 Å². The first-order valence-electron chi connectivity index (χ1n) is 8.84. The molecule has 1 aromatic heterocycles. The van der Waals surface area contributed by atoms with Gasteiger partial charge in [-0.3, -0.25) is 4.90 Å². The van der Waals surface area contributed by atoms with Crippen LogP contribution in [0.15, 0.2) is 51.5 Å². The van der Waals surface area contributed by atoms with E-state index in [0.717, 1.165) is 4.88 Å². The summed E-state index contributed by atoms with van der Waals surface area (Å²) in [6, 6.07) is 6.81. The van der Waals surface area contributed by atoms with Crippen LogP contribution >= 0.6 is 27.3 Å². The molecule has 9 heteroatoms. The molecule has 0 aliphatic carbocycles. The molecule has 0 bridgehead atoms. The molecule has 6 nitrogen and oxygen atoms in total. The number of amides is 2. The van der Waals surface area contributed by atoms with Gasteiger partial charge in [0, 0.05) is 27.7 Å². The van der Waals surface area contributed by atoms with Crippen molar-refractivity contribution in [2.75, 3.05) is 20.3 Å². The van der Waals surface area contributed by atoms with Gasteiger partial charge in [-0.05, 0) is 36.6 Å². The predicted octanol–water partition coefficient (Wildman–Crippen LogP) is 4.38. The standard InChI is InChI=1S/C20H20BrFN2O4S/c1-12-17(19(25)28-8-7-27-2)18(15-10-13(21)5-6-16(15)22)23-20(26)24(12)11-14-4-3-9-29-14/h3-6,9-10,18H,7-8,11H2,1-2H3,(H,23,26). The fourth-order valence-corrected chi connectivity index (χ4v) is 4.13. The molecule has 0 saturated carbocycles. The highest BCUT2D eigenvalue weighted by Crippen LogP contribution is 2.34. The smallest absolute Gasteiger partial charge is 0.338 e. The average Bonchev–Trinajstić information content (AvgIpc) is 3.20. The Balaban J connectivity index is 2.02. The van der Waals surface area contributed by atoms with E-state index in [1.54, 1.807) is 19.1 Å². The van der Waals surface area contributed by atoms with Crippen molar-refractivity contribution in [2.45, 2.75) is 19.5 Å². The number of benzene rings is 1. The van der Waals surface area contributed by atoms with E-state index in [-0.39, 0.29) is 24.4 Å². The first kappa shape index (κ1) is 21.5. The monoisotopic (exact) mass is 482 g/mol. The van der Waals surface area contributed by atoms with Crippen LogP contribution in [0.4, 0.5) is 9.18 Å². The number of hydrogen-bond donors (Lipinski definition) is 1. The molecule has 1 aromatic carbocycles. The van der Waals surface area contributed by atoms with E-state index in [0.29, 0.717) is 16.7 Å². The fourth-order valence-electron chi connectivity index (χ4n) is 3.06. The maximum Gasteiger partial charge on any atom is 0.338 e. The molecule has 2 amide bonds. The fraction of sp³-hybridized carbons (Fsp3) is 0.300. The van der Waals surface area contributed by atoms with Crippen LogP contribution in [0.5, 0.6) is 0 Å². The third-order valence-electron chi connectivity index (χ3n) is 4.50. The van der Waals surface area contributed by atoms with Crippen molar-refractivity contribution >= 4 is 39.3 Å². The summed E-state index contributed by atoms with van der Waals surface area (Å²) < 4.78 is 25.4. The summed E-state index contributed by atoms with van der Waals surface area (Å²) in [6.45, 7) is 2.26. The number of thiophene rings is 1. The minimum atomic E-state index is -0.963. The number of methoxy groups -OCH3 is 1. The second-order valence-electron chi connectivity index (χ2n) is 6.34. The predicted molar refractivity (Wildman–Crippen MR) is 111 cm³/mol. The maximum atomic E-state index is 14.6. The summed E-state index contributed by atoms with van der Waals surface area (Å²) in [6.07, 6.45) is 0. The van der Waals surface area contributed by atoms with Crippen LogP contribution in [0, 0.1) is 5.82 Å². The molecule has 0 spiro atoms. The third kappa shape index (κ3) is 4.85. The van der Waals surface area contributed by atoms with Crippen molar-refractivity contribution in [3.05, 3.63) is 67.7 Å². The second kappa shape index (κ2) is 9.51. The van der Waals surface area contributed by atoms with Crippen LogP contribution in [0.3, 0.4) is 0 Å². The molecule has 29 heavy (non-hydrogen) atoms. The van der Waals surface area contributed by atoms with Crippen LogP contribution in [0.2, 0.25) is 0 Å². The number of nitrogens with zero attached hydrogens (tertiary/aromatic N) is 1. The molecule has 1 N–H and O–H groups in total. The Morgan fingerprint density at radius 1 is 1.34 bits per heavy atom. The summed E-state index contributed by atoms with van der Waals surface area (Å²) in [5.41, 5.74) is 0.796. The molecule has 1 unspecified atom stereocenters. The molecule has 0 saturated heterocycles. The number of urea groups is 1. The molecule has 2 aromatic rings. The van der Waals surface area contributed by atoms with Gasteiger partial charge >= 0.3 is 12.0 Å². The second-order valence-corrected chi connectivity index (χ2v) is 8.29. The van der Waals surface area contributed by atoms with Crippen molar-refractivity contribution in [1.82, 2.24) is 10.2 Å². The quantitative estimate of drug-likeness (QED) is 0.469. The average molecular weight is 483 g/mol. The molecule has 0 fully saturated rings. The summed E-state index contributed by atoms with van der Waals surface area (Å²) in [4.78, 5) is 28.1. The molecule has 1 aliphatic rings. The summed E-state index contributed by atoms with van der Waals surface area (Å²) in [7, 11) is 1.50. The number of carbonyl (C=O) groups excluding carboxylic acids is 2. The first-order chi connectivity index (χ1) is 13.9. The minimum absolute atomic E-state index is 0.0542. The normalized spacial score (nSPS) is 16.8. The zero-order valence-corrected chi connectivity index (χ0v) is 18.3. The molecule has 3 rings (SSSR count). The Bertz CT molecular complexity index is 933. The van der Waals surface area contributed by atoms with Crippen molar-refractivity contribution in [2.24, 2.45) is 0 Å². The summed E-state index contributed by atoms with van der Waals surface area (Å²) in [5, 5.41) is 4.67. The van der Waals surface area contributed by atoms with Crippen LogP contribution in [-0.4, -0.2) is 37.2 Å². The zero-order valence-electron chi connectivity index (χ0n) is 15.9. The van der Waals surface area contributed by atoms with E-state index in [1.165, 1.54) is 29.4 Å². The topological polar surface area (TPSA) is 67.9 Å². The van der Waals surface area contributed by atoms with Gasteiger partial charge in [0.15, 0.2) is 0 Å². The summed E-state index contributed by atoms with van der Waals surface area (Å²) in [5.74, 6) is -1.15. The van der Waals surface area contributed by atoms with E-state index in [1.807, 2.05) is 17.5 Å². The van der Waals surface area contributed by atoms with Crippen molar-refractivity contribution in [3.8, 4) is 0 Å². The van der Waals surface area contributed by atoms with Crippen LogP contribution in [0.25, 0.3) is 0 Å². The number of nitrogens with one attached hydrogen (secondary N) is 1. The highest BCUT2D eigenvalue weighted by molar-refractivity contribution is 9.10. The SMILES string of the molecule is COCCOC(=O)C1=C(C)N(Cc2cccs2)C(=O)NC1c1cc(Br)ccc1F. The van der Waals surface area contributed by atoms with E-state index >= 15 is 0 Å². The Hall–Kier alpha value is -2.23. The van der Waals surface area contributed by atoms with Gasteiger partial charge in [0.25, 0.3) is 0 Å². The van der Waals surface area contributed by atoms with Crippen molar-refractivity contribution in [3.63, 3.8) is 0 Å². The zero-order chi connectivity index (χ0) is 21.0. The van der Waals surface area contributed by atoms with Crippen LogP contribution < -0.4 is 5.32 Å². The summed E-state index contributed by atoms with van der Waals surface area (Å²) >= 11 is 4.82. The van der Waals surface area contributed by atoms with Gasteiger partial charge in [0.05, 0.1) is 24.8 Å². The Morgan fingerprint density at radius 2 is 2.14 bits per heavy atom. The maximum absolute atomic E-state index is 14.6. The molecule has 2 heterocycles. The molecular weight excluding hydrogens is 463 g/mol. The molecule has 1 atom stereocenters. The van der Waals surface area contributed by atoms with Gasteiger partial charge in [-0.25, -0.2) is 14.0 Å². The van der Waals surface area contributed by atoms with E-state index in [4.69, 9.17) is 9.47 Å². The molecular formula is C20H20BrFN2O4S. The number of rotatable bonds is 7. The van der Waals surface area contributed by atoms with Crippen LogP contribution in [0.1, 0.15) is 23.4 Å². The molecule has 1 aliphatic heterocycles. The van der Waals surface area contributed by atoms with Gasteiger partial charge in [-0.15, -0.1) is 11.3 Å². The van der Waals surface area contributed by atoms with Gasteiger partial charge in [-0.2, -0.15) is 0 Å². The van der Waals surface area contributed by atoms with Crippen molar-refractivity contribution in [1.29, 1.82) is 0 Å². The van der Waals surface area contributed by atoms with Crippen LogP contribution in [-0.2, 0) is 20.8 Å². The van der Waals surface area contributed by atoms with Gasteiger partial charge < -0.3 is 14.8 Å². The number of halogens is 2. The van der Waals surface area contributed by atoms with Gasteiger partial charge in [0.1, 0.15) is 12.4 Å². The Labute approximate surface area is 180 Å². The minimum Gasteiger partial charge on any atom is -0.460 e. The highest BCUT2D eigenvalue weighted by Gasteiger charge is 2.37. The number of hydrogen-bond acceptors (Lipinski definition) is 5. The van der Waals surface area contributed by atoms with Gasteiger partial charge in [-0.1, -0.05) is 22.0 Å². The molecule has 154 valence electrons. The van der Waals surface area contributed by atoms with Gasteiger partial charge in [0.2, 0.25) is 0 Å². The highest BCUT2D eigenvalue weighted by atomic mass is 79.9. The lowest BCUT2D eigenvalue weighted by Gasteiger charge is -2.35. The number of ether oxygens (including phenoxy) is 2. The lowest BCUT2D eigenvalue weighted by atomic mass is 9.94. The lowest BCUT2D eigenvalue weighted by Crippen LogP contribution is -2.47. The Kier molecular flexibility index (Phi) is 7.05. The number of allylic oxidation sites excluding steroid dienone is 1.